The molecule has 0 amide bonds. The average Bonchev–Trinajstić information content (AvgIpc) is 2.40. The highest BCUT2D eigenvalue weighted by Crippen LogP contribution is 2.35. The maximum atomic E-state index is 11.0. The molecule has 21 heavy (non-hydrogen) atoms. The Hall–Kier alpha value is -2.60. The zero-order valence-corrected chi connectivity index (χ0v) is 11.8. The van der Waals surface area contributed by atoms with E-state index >= 15 is 0 Å². The Balaban J connectivity index is 2.41. The lowest BCUT2D eigenvalue weighted by Gasteiger charge is -2.10. The van der Waals surface area contributed by atoms with Crippen LogP contribution in [-0.2, 0) is 0 Å². The molecule has 0 heterocycles. The molecule has 0 aliphatic rings. The summed E-state index contributed by atoms with van der Waals surface area (Å²) in [4.78, 5) is 10.5. The van der Waals surface area contributed by atoms with Gasteiger partial charge in [-0.25, -0.2) is 0 Å². The van der Waals surface area contributed by atoms with E-state index in [4.69, 9.17) is 27.5 Å². The lowest BCUT2D eigenvalue weighted by atomic mass is 10.2. The predicted molar refractivity (Wildman–Crippen MR) is 80.4 cm³/mol. The van der Waals surface area contributed by atoms with E-state index in [0.29, 0.717) is 16.9 Å². The van der Waals surface area contributed by atoms with Crippen molar-refractivity contribution >= 4 is 23.1 Å². The molecule has 7 heteroatoms. The minimum atomic E-state index is -0.506. The number of amidine groups is 1. The summed E-state index contributed by atoms with van der Waals surface area (Å²) in [5.74, 6) is 0.338. The van der Waals surface area contributed by atoms with Crippen LogP contribution in [-0.4, -0.2) is 10.8 Å². The Morgan fingerprint density at radius 1 is 1.38 bits per heavy atom. The van der Waals surface area contributed by atoms with Crippen molar-refractivity contribution in [2.45, 2.75) is 6.92 Å². The molecule has 0 radical (unpaired) electrons. The van der Waals surface area contributed by atoms with Crippen LogP contribution in [0.3, 0.4) is 0 Å². The molecule has 3 N–H and O–H groups in total. The number of benzene rings is 2. The van der Waals surface area contributed by atoms with Crippen molar-refractivity contribution in [3.63, 3.8) is 0 Å². The molecule has 6 nitrogen and oxygen atoms in total. The summed E-state index contributed by atoms with van der Waals surface area (Å²) in [7, 11) is 0. The molecule has 0 aliphatic heterocycles. The number of nitro benzene ring substituents is 1. The van der Waals surface area contributed by atoms with Crippen LogP contribution in [0.15, 0.2) is 36.4 Å². The first-order valence-electron chi connectivity index (χ1n) is 5.96. The summed E-state index contributed by atoms with van der Waals surface area (Å²) >= 11 is 6.00. The summed E-state index contributed by atoms with van der Waals surface area (Å²) in [5, 5.41) is 18.6. The number of nitrogens with one attached hydrogen (secondary N) is 1. The number of nitrogens with two attached hydrogens (primary N) is 1. The van der Waals surface area contributed by atoms with Gasteiger partial charge in [-0.3, -0.25) is 15.5 Å². The van der Waals surface area contributed by atoms with Crippen LogP contribution in [0.4, 0.5) is 5.69 Å². The molecule has 0 unspecified atom stereocenters. The minimum absolute atomic E-state index is 0.123. The third-order valence-electron chi connectivity index (χ3n) is 2.84. The Morgan fingerprint density at radius 3 is 2.67 bits per heavy atom. The van der Waals surface area contributed by atoms with Crippen molar-refractivity contribution in [2.75, 3.05) is 0 Å². The van der Waals surface area contributed by atoms with Gasteiger partial charge in [-0.05, 0) is 24.6 Å². The third kappa shape index (κ3) is 3.11. The summed E-state index contributed by atoms with van der Waals surface area (Å²) in [6.07, 6.45) is 0. The fourth-order valence-corrected chi connectivity index (χ4v) is 2.08. The molecule has 2 aromatic carbocycles. The predicted octanol–water partition coefficient (Wildman–Crippen LogP) is 3.63. The van der Waals surface area contributed by atoms with Gasteiger partial charge in [0.1, 0.15) is 11.6 Å². The zero-order chi connectivity index (χ0) is 15.6. The summed E-state index contributed by atoms with van der Waals surface area (Å²) < 4.78 is 5.58. The molecule has 0 aromatic heterocycles. The molecule has 0 aliphatic carbocycles. The van der Waals surface area contributed by atoms with Gasteiger partial charge < -0.3 is 10.5 Å². The molecule has 2 rings (SSSR count). The van der Waals surface area contributed by atoms with Crippen LogP contribution in [0.5, 0.6) is 11.5 Å². The van der Waals surface area contributed by atoms with Crippen molar-refractivity contribution in [3.8, 4) is 11.5 Å². The summed E-state index contributed by atoms with van der Waals surface area (Å²) in [6.45, 7) is 1.72. The van der Waals surface area contributed by atoms with Crippen LogP contribution in [0.2, 0.25) is 5.02 Å². The molecular formula is C14H12ClN3O3. The first-order chi connectivity index (χ1) is 9.90. The zero-order valence-electron chi connectivity index (χ0n) is 11.1. The quantitative estimate of drug-likeness (QED) is 0.389. The van der Waals surface area contributed by atoms with Gasteiger partial charge in [-0.15, -0.1) is 0 Å². The normalized spacial score (nSPS) is 10.2. The van der Waals surface area contributed by atoms with Crippen LogP contribution < -0.4 is 10.5 Å². The molecule has 0 saturated carbocycles. The Kier molecular flexibility index (Phi) is 4.09. The molecule has 2 aromatic rings. The van der Waals surface area contributed by atoms with Gasteiger partial charge in [0.2, 0.25) is 5.75 Å². The van der Waals surface area contributed by atoms with Crippen molar-refractivity contribution < 1.29 is 9.66 Å². The van der Waals surface area contributed by atoms with Crippen LogP contribution in [0.25, 0.3) is 0 Å². The van der Waals surface area contributed by atoms with Crippen molar-refractivity contribution in [1.82, 2.24) is 0 Å². The highest BCUT2D eigenvalue weighted by molar-refractivity contribution is 6.34. The van der Waals surface area contributed by atoms with E-state index in [1.54, 1.807) is 25.1 Å². The number of hydrogen-bond donors (Lipinski definition) is 2. The smallest absolute Gasteiger partial charge is 0.311 e. The fourth-order valence-electron chi connectivity index (χ4n) is 1.81. The number of aryl methyl sites for hydroxylation is 1. The van der Waals surface area contributed by atoms with Gasteiger partial charge in [0.05, 0.1) is 9.95 Å². The molecular weight excluding hydrogens is 294 g/mol. The highest BCUT2D eigenvalue weighted by atomic mass is 35.5. The van der Waals surface area contributed by atoms with Gasteiger partial charge in [-0.2, -0.15) is 0 Å². The summed E-state index contributed by atoms with van der Waals surface area (Å²) in [6, 6.07) is 9.23. The van der Waals surface area contributed by atoms with E-state index in [0.717, 1.165) is 0 Å². The maximum Gasteiger partial charge on any atom is 0.311 e. The van der Waals surface area contributed by atoms with Gasteiger partial charge in [0.15, 0.2) is 0 Å². The minimum Gasteiger partial charge on any atom is -0.450 e. The van der Waals surface area contributed by atoms with Gasteiger partial charge in [-0.1, -0.05) is 23.7 Å². The Morgan fingerprint density at radius 2 is 2.10 bits per heavy atom. The summed E-state index contributed by atoms with van der Waals surface area (Å²) in [5.41, 5.74) is 6.26. The van der Waals surface area contributed by atoms with Crippen LogP contribution in [0.1, 0.15) is 11.1 Å². The standard InChI is InChI=1S/C14H12ClN3O3/c1-8-3-2-4-12(18(19)20)13(8)21-9-5-6-10(14(16)17)11(15)7-9/h2-7H,1H3,(H3,16,17). The SMILES string of the molecule is Cc1cccc([N+](=O)[O-])c1Oc1ccc(C(=N)N)c(Cl)c1. The van der Waals surface area contributed by atoms with E-state index in [1.807, 2.05) is 0 Å². The number of nitrogen functional groups attached to an aromatic ring is 1. The largest absolute Gasteiger partial charge is 0.450 e. The number of para-hydroxylation sites is 1. The second-order valence-electron chi connectivity index (χ2n) is 4.34. The highest BCUT2D eigenvalue weighted by Gasteiger charge is 2.18. The number of nitrogens with zero attached hydrogens (tertiary/aromatic N) is 1. The molecule has 0 bridgehead atoms. The first kappa shape index (κ1) is 14.8. The number of ether oxygens (including phenoxy) is 1. The van der Waals surface area contributed by atoms with Gasteiger partial charge in [0.25, 0.3) is 0 Å². The van der Waals surface area contributed by atoms with E-state index in [-0.39, 0.29) is 22.3 Å². The van der Waals surface area contributed by atoms with Crippen LogP contribution >= 0.6 is 11.6 Å². The maximum absolute atomic E-state index is 11.0. The second-order valence-corrected chi connectivity index (χ2v) is 4.74. The van der Waals surface area contributed by atoms with Crippen LogP contribution in [0, 0.1) is 22.4 Å². The lowest BCUT2D eigenvalue weighted by Crippen LogP contribution is -2.11. The third-order valence-corrected chi connectivity index (χ3v) is 3.15. The number of rotatable bonds is 4. The molecule has 0 atom stereocenters. The first-order valence-corrected chi connectivity index (χ1v) is 6.33. The number of hydrogen-bond acceptors (Lipinski definition) is 4. The topological polar surface area (TPSA) is 102 Å². The van der Waals surface area contributed by atoms with Gasteiger partial charge >= 0.3 is 5.69 Å². The average molecular weight is 306 g/mol. The van der Waals surface area contributed by atoms with E-state index in [2.05, 4.69) is 0 Å². The molecule has 108 valence electrons. The molecule has 0 saturated heterocycles. The fraction of sp³-hybridized carbons (Fsp3) is 0.0714. The van der Waals surface area contributed by atoms with Crippen molar-refractivity contribution in [3.05, 3.63) is 62.7 Å². The lowest BCUT2D eigenvalue weighted by molar-refractivity contribution is -0.385. The Bertz CT molecular complexity index is 731. The number of halogens is 1. The molecule has 0 fully saturated rings. The van der Waals surface area contributed by atoms with E-state index in [1.165, 1.54) is 18.2 Å². The van der Waals surface area contributed by atoms with Crippen molar-refractivity contribution in [2.24, 2.45) is 5.73 Å². The van der Waals surface area contributed by atoms with E-state index < -0.39 is 4.92 Å². The van der Waals surface area contributed by atoms with Crippen molar-refractivity contribution in [1.29, 1.82) is 5.41 Å². The number of nitro groups is 1. The molecule has 0 spiro atoms. The van der Waals surface area contributed by atoms with E-state index in [9.17, 15) is 10.1 Å². The second kappa shape index (κ2) is 5.80. The van der Waals surface area contributed by atoms with Gasteiger partial charge in [0, 0.05) is 17.7 Å². The Labute approximate surface area is 125 Å². The monoisotopic (exact) mass is 305 g/mol.